The van der Waals surface area contributed by atoms with E-state index in [4.69, 9.17) is 10.7 Å². The average molecular weight is 548 g/mol. The minimum atomic E-state index is -3.52. The summed E-state index contributed by atoms with van der Waals surface area (Å²) in [6.45, 7) is 5.38. The van der Waals surface area contributed by atoms with E-state index in [-0.39, 0.29) is 48.6 Å². The molecule has 2 heterocycles. The van der Waals surface area contributed by atoms with Gasteiger partial charge < -0.3 is 15.4 Å². The molecule has 0 spiro atoms. The highest BCUT2D eigenvalue weighted by Gasteiger charge is 2.23. The molecule has 3 aromatic rings. The van der Waals surface area contributed by atoms with Gasteiger partial charge in [-0.3, -0.25) is 0 Å². The Kier molecular flexibility index (Phi) is 10.5. The van der Waals surface area contributed by atoms with Gasteiger partial charge in [-0.1, -0.05) is 12.1 Å². The maximum atomic E-state index is 14.4. The molecular weight excluding hydrogens is 514 g/mol. The number of nitrogens with two attached hydrogens (primary N) is 1. The number of benzene rings is 1. The second-order valence-electron chi connectivity index (χ2n) is 8.77. The van der Waals surface area contributed by atoms with Crippen molar-refractivity contribution in [1.82, 2.24) is 13.9 Å². The smallest absolute Gasteiger partial charge is 0.242 e. The van der Waals surface area contributed by atoms with Gasteiger partial charge in [-0.05, 0) is 56.7 Å². The van der Waals surface area contributed by atoms with Gasteiger partial charge in [0.2, 0.25) is 10.0 Å². The summed E-state index contributed by atoms with van der Waals surface area (Å²) in [6, 6.07) is 10.3. The third-order valence-corrected chi connectivity index (χ3v) is 7.48. The van der Waals surface area contributed by atoms with Crippen LogP contribution in [0.5, 0.6) is 0 Å². The summed E-state index contributed by atoms with van der Waals surface area (Å²) in [5.41, 5.74) is 8.90. The van der Waals surface area contributed by atoms with E-state index >= 15 is 0 Å². The van der Waals surface area contributed by atoms with E-state index in [9.17, 15) is 17.9 Å². The maximum absolute atomic E-state index is 14.4. The summed E-state index contributed by atoms with van der Waals surface area (Å²) >= 11 is 0. The summed E-state index contributed by atoms with van der Waals surface area (Å²) in [4.78, 5) is 4.93. The SMILES string of the molecule is Cc1c(Cc2ccc(S(=O)(=O)N(C)C)cc2)c2nc(C(C)(C)O)ccc2n1C/C(F)=C/CN.Cl.Cl. The average Bonchev–Trinajstić information content (AvgIpc) is 2.99. The van der Waals surface area contributed by atoms with Crippen molar-refractivity contribution in [1.29, 1.82) is 0 Å². The van der Waals surface area contributed by atoms with E-state index in [1.165, 1.54) is 24.5 Å². The van der Waals surface area contributed by atoms with Crippen molar-refractivity contribution < 1.29 is 17.9 Å². The molecule has 0 fully saturated rings. The van der Waals surface area contributed by atoms with Gasteiger partial charge in [0.15, 0.2) is 0 Å². The van der Waals surface area contributed by atoms with Gasteiger partial charge in [-0.2, -0.15) is 0 Å². The van der Waals surface area contributed by atoms with Gasteiger partial charge in [0, 0.05) is 38.3 Å². The molecule has 11 heteroatoms. The molecular formula is C24H33Cl2FN4O3S. The van der Waals surface area contributed by atoms with Gasteiger partial charge >= 0.3 is 0 Å². The molecule has 0 aliphatic carbocycles. The minimum absolute atomic E-state index is 0. The molecule has 194 valence electrons. The molecule has 0 saturated carbocycles. The fraction of sp³-hybridized carbons (Fsp3) is 0.375. The van der Waals surface area contributed by atoms with Crippen LogP contribution >= 0.6 is 24.8 Å². The third kappa shape index (κ3) is 6.61. The predicted octanol–water partition coefficient (Wildman–Crippen LogP) is 4.07. The molecule has 0 radical (unpaired) electrons. The highest BCUT2D eigenvalue weighted by molar-refractivity contribution is 7.89. The van der Waals surface area contributed by atoms with Gasteiger partial charge in [-0.15, -0.1) is 24.8 Å². The standard InChI is InChI=1S/C24H31FN4O3S.2ClH/c1-16-20(14-17-6-8-19(9-7-17)33(31,32)28(4)5)23-21(29(16)15-18(25)12-13-26)10-11-22(27-23)24(2,3)30;;/h6-12,30H,13-15,26H2,1-5H3;2*1H/b18-12-;;. The first-order chi connectivity index (χ1) is 15.4. The van der Waals surface area contributed by atoms with E-state index in [2.05, 4.69) is 0 Å². The number of halogens is 3. The van der Waals surface area contributed by atoms with Gasteiger partial charge in [-0.25, -0.2) is 22.1 Å². The number of sulfonamides is 1. The van der Waals surface area contributed by atoms with E-state index in [0.717, 1.165) is 22.3 Å². The highest BCUT2D eigenvalue weighted by atomic mass is 35.5. The van der Waals surface area contributed by atoms with Gasteiger partial charge in [0.1, 0.15) is 11.4 Å². The van der Waals surface area contributed by atoms with Crippen LogP contribution in [-0.4, -0.2) is 48.0 Å². The molecule has 3 N–H and O–H groups in total. The second kappa shape index (κ2) is 11.8. The van der Waals surface area contributed by atoms with Crippen LogP contribution in [0.4, 0.5) is 4.39 Å². The molecule has 7 nitrogen and oxygen atoms in total. The Bertz CT molecular complexity index is 1300. The number of aliphatic hydroxyl groups is 1. The lowest BCUT2D eigenvalue weighted by molar-refractivity contribution is 0.0742. The van der Waals surface area contributed by atoms with Crippen LogP contribution in [0.15, 0.2) is 53.2 Å². The number of hydrogen-bond acceptors (Lipinski definition) is 5. The van der Waals surface area contributed by atoms with Gasteiger partial charge in [0.05, 0.1) is 28.2 Å². The van der Waals surface area contributed by atoms with E-state index in [1.807, 2.05) is 17.6 Å². The Hall–Kier alpha value is -2.01. The van der Waals surface area contributed by atoms with Crippen molar-refractivity contribution in [2.45, 2.75) is 44.2 Å². The van der Waals surface area contributed by atoms with Crippen molar-refractivity contribution in [3.63, 3.8) is 0 Å². The summed E-state index contributed by atoms with van der Waals surface area (Å²) < 4.78 is 42.1. The topological polar surface area (TPSA) is 101 Å². The van der Waals surface area contributed by atoms with E-state index in [0.29, 0.717) is 17.6 Å². The molecule has 0 bridgehead atoms. The molecule has 1 aromatic carbocycles. The van der Waals surface area contributed by atoms with Crippen molar-refractivity contribution in [2.24, 2.45) is 5.73 Å². The largest absolute Gasteiger partial charge is 0.384 e. The van der Waals surface area contributed by atoms with Crippen molar-refractivity contribution in [3.8, 4) is 0 Å². The molecule has 0 saturated heterocycles. The highest BCUT2D eigenvalue weighted by Crippen LogP contribution is 2.30. The quantitative estimate of drug-likeness (QED) is 0.443. The minimum Gasteiger partial charge on any atom is -0.384 e. The fourth-order valence-corrected chi connectivity index (χ4v) is 4.60. The summed E-state index contributed by atoms with van der Waals surface area (Å²) in [7, 11) is -0.532. The molecule has 0 atom stereocenters. The predicted molar refractivity (Wildman–Crippen MR) is 143 cm³/mol. The lowest BCUT2D eigenvalue weighted by Crippen LogP contribution is -2.22. The van der Waals surface area contributed by atoms with Crippen LogP contribution in [0, 0.1) is 6.92 Å². The lowest BCUT2D eigenvalue weighted by atomic mass is 10.0. The first-order valence-corrected chi connectivity index (χ1v) is 12.1. The number of aromatic nitrogens is 2. The summed E-state index contributed by atoms with van der Waals surface area (Å²) in [5.74, 6) is -0.339. The summed E-state index contributed by atoms with van der Waals surface area (Å²) in [6.07, 6.45) is 1.82. The van der Waals surface area contributed by atoms with Crippen molar-refractivity contribution in [3.05, 3.63) is 70.8 Å². The van der Waals surface area contributed by atoms with Crippen molar-refractivity contribution >= 4 is 45.9 Å². The number of nitrogens with zero attached hydrogens (tertiary/aromatic N) is 3. The summed E-state index contributed by atoms with van der Waals surface area (Å²) in [5, 5.41) is 10.5. The van der Waals surface area contributed by atoms with Crippen LogP contribution in [0.25, 0.3) is 11.0 Å². The number of fused-ring (bicyclic) bond motifs is 1. The monoisotopic (exact) mass is 546 g/mol. The van der Waals surface area contributed by atoms with Crippen LogP contribution in [0.2, 0.25) is 0 Å². The van der Waals surface area contributed by atoms with Gasteiger partial charge in [0.25, 0.3) is 0 Å². The fourth-order valence-electron chi connectivity index (χ4n) is 3.70. The Balaban J connectivity index is 0.00000306. The van der Waals surface area contributed by atoms with Crippen LogP contribution < -0.4 is 5.73 Å². The number of rotatable bonds is 8. The molecule has 35 heavy (non-hydrogen) atoms. The third-order valence-electron chi connectivity index (χ3n) is 5.65. The normalized spacial score (nSPS) is 12.5. The molecule has 2 aromatic heterocycles. The molecule has 3 rings (SSSR count). The van der Waals surface area contributed by atoms with E-state index in [1.54, 1.807) is 44.2 Å². The zero-order valence-corrected chi connectivity index (χ0v) is 22.9. The van der Waals surface area contributed by atoms with Crippen LogP contribution in [-0.2, 0) is 28.6 Å². The number of allylic oxidation sites excluding steroid dienone is 1. The lowest BCUT2D eigenvalue weighted by Gasteiger charge is -2.16. The molecule has 0 aliphatic rings. The molecule has 0 unspecified atom stereocenters. The van der Waals surface area contributed by atoms with Crippen LogP contribution in [0.1, 0.15) is 36.4 Å². The van der Waals surface area contributed by atoms with E-state index < -0.39 is 15.6 Å². The Morgan fingerprint density at radius 2 is 1.77 bits per heavy atom. The number of pyridine rings is 1. The first-order valence-electron chi connectivity index (χ1n) is 10.6. The molecule has 0 amide bonds. The Morgan fingerprint density at radius 3 is 2.29 bits per heavy atom. The molecule has 0 aliphatic heterocycles. The zero-order chi connectivity index (χ0) is 24.6. The first kappa shape index (κ1) is 31.0. The Labute approximate surface area is 218 Å². The maximum Gasteiger partial charge on any atom is 0.242 e. The van der Waals surface area contributed by atoms with Crippen molar-refractivity contribution in [2.75, 3.05) is 20.6 Å². The Morgan fingerprint density at radius 1 is 1.17 bits per heavy atom. The van der Waals surface area contributed by atoms with Crippen LogP contribution in [0.3, 0.4) is 0 Å². The number of hydrogen-bond donors (Lipinski definition) is 2. The zero-order valence-electron chi connectivity index (χ0n) is 20.4. The second-order valence-corrected chi connectivity index (χ2v) is 10.9.